The minimum Gasteiger partial charge on any atom is -0.324 e. The number of aromatic amines is 1. The number of nitrogens with one attached hydrogen (secondary N) is 2. The van der Waals surface area contributed by atoms with Gasteiger partial charge in [-0.2, -0.15) is 0 Å². The van der Waals surface area contributed by atoms with Crippen molar-refractivity contribution in [2.45, 2.75) is 0 Å². The van der Waals surface area contributed by atoms with Gasteiger partial charge in [0.25, 0.3) is 5.91 Å². The van der Waals surface area contributed by atoms with Gasteiger partial charge in [0.1, 0.15) is 0 Å². The highest BCUT2D eigenvalue weighted by Gasteiger charge is 2.03. The van der Waals surface area contributed by atoms with Crippen molar-refractivity contribution < 1.29 is 4.79 Å². The largest absolute Gasteiger partial charge is 0.324 e. The Balaban J connectivity index is 1.69. The van der Waals surface area contributed by atoms with Crippen LogP contribution in [0.5, 0.6) is 0 Å². The molecule has 0 spiro atoms. The van der Waals surface area contributed by atoms with Gasteiger partial charge in [0, 0.05) is 10.5 Å². The van der Waals surface area contributed by atoms with E-state index in [0.717, 1.165) is 21.1 Å². The first kappa shape index (κ1) is 13.6. The van der Waals surface area contributed by atoms with Gasteiger partial charge in [0.05, 0.1) is 11.0 Å². The molecule has 1 amide bonds. The highest BCUT2D eigenvalue weighted by Crippen LogP contribution is 2.14. The zero-order valence-electron chi connectivity index (χ0n) is 11.0. The van der Waals surface area contributed by atoms with Crippen LogP contribution in [0.25, 0.3) is 17.1 Å². The van der Waals surface area contributed by atoms with Crippen LogP contribution in [-0.4, -0.2) is 15.9 Å². The number of hydrogen-bond donors (Lipinski definition) is 2. The molecule has 1 aromatic heterocycles. The van der Waals surface area contributed by atoms with Gasteiger partial charge in [-0.3, -0.25) is 10.1 Å². The normalized spacial score (nSPS) is 11.1. The van der Waals surface area contributed by atoms with Gasteiger partial charge in [-0.05, 0) is 35.9 Å². The SMILES string of the molecule is O=C(/C=C/c1ccc(Br)cc1)Nc1nc2ccccc2[nH]1. The van der Waals surface area contributed by atoms with Crippen molar-refractivity contribution in [2.24, 2.45) is 0 Å². The number of nitrogens with zero attached hydrogens (tertiary/aromatic N) is 1. The Morgan fingerprint density at radius 1 is 1.14 bits per heavy atom. The van der Waals surface area contributed by atoms with Crippen molar-refractivity contribution in [1.29, 1.82) is 0 Å². The molecular formula is C16H12BrN3O. The van der Waals surface area contributed by atoms with Gasteiger partial charge in [-0.1, -0.05) is 40.2 Å². The molecule has 104 valence electrons. The minimum absolute atomic E-state index is 0.225. The number of amides is 1. The highest BCUT2D eigenvalue weighted by molar-refractivity contribution is 9.10. The van der Waals surface area contributed by atoms with Crippen LogP contribution in [0.15, 0.2) is 59.1 Å². The number of anilines is 1. The summed E-state index contributed by atoms with van der Waals surface area (Å²) in [6, 6.07) is 15.3. The topological polar surface area (TPSA) is 57.8 Å². The zero-order chi connectivity index (χ0) is 14.7. The molecule has 0 unspecified atom stereocenters. The maximum atomic E-state index is 11.9. The number of carbonyl (C=O) groups excluding carboxylic acids is 1. The molecule has 0 saturated carbocycles. The molecule has 4 nitrogen and oxygen atoms in total. The molecule has 3 rings (SSSR count). The number of benzene rings is 2. The van der Waals surface area contributed by atoms with Crippen LogP contribution in [0.2, 0.25) is 0 Å². The zero-order valence-corrected chi connectivity index (χ0v) is 12.6. The molecule has 3 aromatic rings. The van der Waals surface area contributed by atoms with E-state index in [1.54, 1.807) is 6.08 Å². The molecule has 0 atom stereocenters. The number of imidazole rings is 1. The average molecular weight is 342 g/mol. The predicted molar refractivity (Wildman–Crippen MR) is 87.9 cm³/mol. The minimum atomic E-state index is -0.225. The molecule has 1 heterocycles. The van der Waals surface area contributed by atoms with Crippen LogP contribution in [0.4, 0.5) is 5.95 Å². The number of H-pyrrole nitrogens is 1. The number of carbonyl (C=O) groups is 1. The van der Waals surface area contributed by atoms with Gasteiger partial charge in [0.15, 0.2) is 0 Å². The summed E-state index contributed by atoms with van der Waals surface area (Å²) in [5.74, 6) is 0.221. The lowest BCUT2D eigenvalue weighted by Crippen LogP contribution is -2.08. The molecule has 21 heavy (non-hydrogen) atoms. The van der Waals surface area contributed by atoms with E-state index in [1.165, 1.54) is 6.08 Å². The van der Waals surface area contributed by atoms with Crippen molar-refractivity contribution in [1.82, 2.24) is 9.97 Å². The number of para-hydroxylation sites is 2. The van der Waals surface area contributed by atoms with E-state index in [4.69, 9.17) is 0 Å². The molecule has 0 fully saturated rings. The first-order valence-electron chi connectivity index (χ1n) is 6.40. The van der Waals surface area contributed by atoms with Crippen LogP contribution in [0, 0.1) is 0 Å². The lowest BCUT2D eigenvalue weighted by molar-refractivity contribution is -0.111. The molecule has 2 aromatic carbocycles. The summed E-state index contributed by atoms with van der Waals surface area (Å²) < 4.78 is 1.01. The molecule has 0 aliphatic carbocycles. The third kappa shape index (κ3) is 3.38. The number of fused-ring (bicyclic) bond motifs is 1. The van der Waals surface area contributed by atoms with Crippen LogP contribution in [0.3, 0.4) is 0 Å². The quantitative estimate of drug-likeness (QED) is 0.708. The first-order valence-corrected chi connectivity index (χ1v) is 7.19. The third-order valence-electron chi connectivity index (χ3n) is 2.93. The van der Waals surface area contributed by atoms with Gasteiger partial charge in [0.2, 0.25) is 5.95 Å². The summed E-state index contributed by atoms with van der Waals surface area (Å²) in [6.07, 6.45) is 3.24. The highest BCUT2D eigenvalue weighted by atomic mass is 79.9. The summed E-state index contributed by atoms with van der Waals surface area (Å²) in [6.45, 7) is 0. The summed E-state index contributed by atoms with van der Waals surface area (Å²) in [7, 11) is 0. The van der Waals surface area contributed by atoms with Crippen molar-refractivity contribution in [3.05, 3.63) is 64.6 Å². The van der Waals surface area contributed by atoms with E-state index in [-0.39, 0.29) is 5.91 Å². The van der Waals surface area contributed by atoms with E-state index >= 15 is 0 Å². The molecule has 5 heteroatoms. The second-order valence-electron chi connectivity index (χ2n) is 4.48. The maximum Gasteiger partial charge on any atom is 0.250 e. The standard InChI is InChI=1S/C16H12BrN3O/c17-12-8-5-11(6-9-12)7-10-15(21)20-16-18-13-3-1-2-4-14(13)19-16/h1-10H,(H2,18,19,20,21)/b10-7+. The molecule has 0 aliphatic rings. The van der Waals surface area contributed by atoms with E-state index in [9.17, 15) is 4.79 Å². The first-order chi connectivity index (χ1) is 10.2. The van der Waals surface area contributed by atoms with E-state index < -0.39 is 0 Å². The van der Waals surface area contributed by atoms with Gasteiger partial charge in [-0.25, -0.2) is 4.98 Å². The monoisotopic (exact) mass is 341 g/mol. The van der Waals surface area contributed by atoms with Crippen LogP contribution >= 0.6 is 15.9 Å². The Hall–Kier alpha value is -2.40. The van der Waals surface area contributed by atoms with Gasteiger partial charge >= 0.3 is 0 Å². The van der Waals surface area contributed by atoms with Crippen molar-refractivity contribution in [3.8, 4) is 0 Å². The summed E-state index contributed by atoms with van der Waals surface area (Å²) in [5.41, 5.74) is 2.67. The fourth-order valence-electron chi connectivity index (χ4n) is 1.92. The molecule has 0 aliphatic heterocycles. The molecule has 2 N–H and O–H groups in total. The summed E-state index contributed by atoms with van der Waals surface area (Å²) >= 11 is 3.37. The van der Waals surface area contributed by atoms with Crippen molar-refractivity contribution >= 4 is 44.9 Å². The third-order valence-corrected chi connectivity index (χ3v) is 3.46. The second kappa shape index (κ2) is 5.93. The van der Waals surface area contributed by atoms with Crippen LogP contribution < -0.4 is 5.32 Å². The number of halogens is 1. The van der Waals surface area contributed by atoms with Crippen molar-refractivity contribution in [3.63, 3.8) is 0 Å². The Morgan fingerprint density at radius 2 is 1.90 bits per heavy atom. The molecular weight excluding hydrogens is 330 g/mol. The number of aromatic nitrogens is 2. The number of hydrogen-bond acceptors (Lipinski definition) is 2. The molecule has 0 bridgehead atoms. The Bertz CT molecular complexity index is 773. The summed E-state index contributed by atoms with van der Waals surface area (Å²) in [5, 5.41) is 2.71. The van der Waals surface area contributed by atoms with E-state index in [0.29, 0.717) is 5.95 Å². The Kier molecular flexibility index (Phi) is 3.83. The van der Waals surface area contributed by atoms with E-state index in [1.807, 2.05) is 48.5 Å². The molecule has 0 saturated heterocycles. The smallest absolute Gasteiger partial charge is 0.250 e. The average Bonchev–Trinajstić information content (AvgIpc) is 2.88. The van der Waals surface area contributed by atoms with Crippen molar-refractivity contribution in [2.75, 3.05) is 5.32 Å². The fraction of sp³-hybridized carbons (Fsp3) is 0. The predicted octanol–water partition coefficient (Wildman–Crippen LogP) is 3.98. The van der Waals surface area contributed by atoms with Gasteiger partial charge < -0.3 is 4.98 Å². The lowest BCUT2D eigenvalue weighted by Gasteiger charge is -1.96. The fourth-order valence-corrected chi connectivity index (χ4v) is 2.18. The summed E-state index contributed by atoms with van der Waals surface area (Å²) in [4.78, 5) is 19.2. The maximum absolute atomic E-state index is 11.9. The number of rotatable bonds is 3. The van der Waals surface area contributed by atoms with Crippen LogP contribution in [0.1, 0.15) is 5.56 Å². The van der Waals surface area contributed by atoms with Gasteiger partial charge in [-0.15, -0.1) is 0 Å². The second-order valence-corrected chi connectivity index (χ2v) is 5.39. The van der Waals surface area contributed by atoms with Crippen LogP contribution in [-0.2, 0) is 4.79 Å². The van der Waals surface area contributed by atoms with E-state index in [2.05, 4.69) is 31.2 Å². The Labute approximate surface area is 130 Å². The Morgan fingerprint density at radius 3 is 2.67 bits per heavy atom. The lowest BCUT2D eigenvalue weighted by atomic mass is 10.2. The molecule has 0 radical (unpaired) electrons.